The van der Waals surface area contributed by atoms with Gasteiger partial charge < -0.3 is 10.2 Å². The van der Waals surface area contributed by atoms with Crippen LogP contribution in [0.1, 0.15) is 36.8 Å². The molecule has 4 heteroatoms. The molecule has 1 unspecified atom stereocenters. The van der Waals surface area contributed by atoms with Crippen molar-refractivity contribution in [3.05, 3.63) is 27.7 Å². The van der Waals surface area contributed by atoms with E-state index in [1.54, 1.807) is 0 Å². The van der Waals surface area contributed by atoms with Crippen molar-refractivity contribution >= 4 is 27.5 Å². The summed E-state index contributed by atoms with van der Waals surface area (Å²) in [5, 5.41) is 3.49. The average Bonchev–Trinajstić information content (AvgIpc) is 3.16. The van der Waals surface area contributed by atoms with E-state index in [0.717, 1.165) is 35.1 Å². The van der Waals surface area contributed by atoms with E-state index in [1.807, 2.05) is 4.90 Å². The third-order valence-corrected chi connectivity index (χ3v) is 4.73. The Bertz CT molecular complexity index is 516. The second-order valence-corrected chi connectivity index (χ2v) is 6.89. The predicted molar refractivity (Wildman–Crippen MR) is 85.1 cm³/mol. The van der Waals surface area contributed by atoms with Crippen LogP contribution in [0.4, 0.5) is 5.69 Å². The van der Waals surface area contributed by atoms with Crippen LogP contribution in [0.2, 0.25) is 0 Å². The van der Waals surface area contributed by atoms with Gasteiger partial charge in [-0.3, -0.25) is 4.79 Å². The standard InChI is InChI=1S/C16H21BrN2O/c1-10-8-11(2)15(13(17)9-10)19-7-3-4-14(16(19)20)18-12-5-6-12/h8-9,12,14,18H,3-7H2,1-2H3. The third-order valence-electron chi connectivity index (χ3n) is 4.12. The number of rotatable bonds is 3. The van der Waals surface area contributed by atoms with Crippen molar-refractivity contribution in [2.75, 3.05) is 11.4 Å². The lowest BCUT2D eigenvalue weighted by Crippen LogP contribution is -2.51. The molecule has 108 valence electrons. The molecule has 0 spiro atoms. The number of piperidine rings is 1. The summed E-state index contributed by atoms with van der Waals surface area (Å²) in [5.74, 6) is 0.232. The highest BCUT2D eigenvalue weighted by Crippen LogP contribution is 2.34. The number of nitrogens with one attached hydrogen (secondary N) is 1. The zero-order chi connectivity index (χ0) is 14.3. The van der Waals surface area contributed by atoms with Gasteiger partial charge in [-0.1, -0.05) is 6.07 Å². The summed E-state index contributed by atoms with van der Waals surface area (Å²) in [6.45, 7) is 4.99. The van der Waals surface area contributed by atoms with Gasteiger partial charge in [0.2, 0.25) is 5.91 Å². The van der Waals surface area contributed by atoms with E-state index in [1.165, 1.54) is 18.4 Å². The number of halogens is 1. The van der Waals surface area contributed by atoms with Gasteiger partial charge in [-0.25, -0.2) is 0 Å². The molecule has 1 aromatic rings. The zero-order valence-electron chi connectivity index (χ0n) is 12.1. The van der Waals surface area contributed by atoms with Crippen LogP contribution in [0, 0.1) is 13.8 Å². The van der Waals surface area contributed by atoms with Gasteiger partial charge in [-0.2, -0.15) is 0 Å². The number of carbonyl (C=O) groups is 1. The summed E-state index contributed by atoms with van der Waals surface area (Å²) in [6.07, 6.45) is 4.47. The molecule has 1 saturated carbocycles. The second kappa shape index (κ2) is 5.49. The summed E-state index contributed by atoms with van der Waals surface area (Å²) in [7, 11) is 0. The van der Waals surface area contributed by atoms with Crippen molar-refractivity contribution < 1.29 is 4.79 Å². The third kappa shape index (κ3) is 2.77. The van der Waals surface area contributed by atoms with Gasteiger partial charge >= 0.3 is 0 Å². The van der Waals surface area contributed by atoms with E-state index in [2.05, 4.69) is 47.2 Å². The van der Waals surface area contributed by atoms with Crippen molar-refractivity contribution in [3.8, 4) is 0 Å². The molecule has 0 aromatic heterocycles. The van der Waals surface area contributed by atoms with Gasteiger partial charge in [0.15, 0.2) is 0 Å². The van der Waals surface area contributed by atoms with Gasteiger partial charge in [0.05, 0.1) is 11.7 Å². The maximum Gasteiger partial charge on any atom is 0.244 e. The van der Waals surface area contributed by atoms with Gasteiger partial charge in [0.1, 0.15) is 0 Å². The Kier molecular flexibility index (Phi) is 3.87. The molecule has 0 bridgehead atoms. The first-order valence-electron chi connectivity index (χ1n) is 7.40. The fourth-order valence-corrected chi connectivity index (χ4v) is 3.92. The Balaban J connectivity index is 1.86. The molecule has 3 rings (SSSR count). The molecule has 1 atom stereocenters. The highest BCUT2D eigenvalue weighted by atomic mass is 79.9. The van der Waals surface area contributed by atoms with E-state index >= 15 is 0 Å². The Morgan fingerprint density at radius 3 is 2.65 bits per heavy atom. The summed E-state index contributed by atoms with van der Waals surface area (Å²) in [5.41, 5.74) is 3.43. The highest BCUT2D eigenvalue weighted by Gasteiger charge is 2.34. The molecule has 3 nitrogen and oxygen atoms in total. The second-order valence-electron chi connectivity index (χ2n) is 6.04. The minimum absolute atomic E-state index is 0.00357. The number of nitrogens with zero attached hydrogens (tertiary/aromatic N) is 1. The number of hydrogen-bond donors (Lipinski definition) is 1. The van der Waals surface area contributed by atoms with Crippen LogP contribution in [-0.4, -0.2) is 24.5 Å². The van der Waals surface area contributed by atoms with Gasteiger partial charge in [-0.15, -0.1) is 0 Å². The molecular formula is C16H21BrN2O. The number of anilines is 1. The van der Waals surface area contributed by atoms with Gasteiger partial charge in [0, 0.05) is 17.1 Å². The van der Waals surface area contributed by atoms with E-state index in [9.17, 15) is 4.79 Å². The Morgan fingerprint density at radius 2 is 2.00 bits per heavy atom. The molecular weight excluding hydrogens is 316 g/mol. The number of amides is 1. The van der Waals surface area contributed by atoms with Crippen LogP contribution >= 0.6 is 15.9 Å². The molecule has 2 aliphatic rings. The number of carbonyl (C=O) groups excluding carboxylic acids is 1. The van der Waals surface area contributed by atoms with E-state index < -0.39 is 0 Å². The summed E-state index contributed by atoms with van der Waals surface area (Å²) in [4.78, 5) is 14.7. The monoisotopic (exact) mass is 336 g/mol. The first kappa shape index (κ1) is 14.1. The zero-order valence-corrected chi connectivity index (χ0v) is 13.7. The minimum Gasteiger partial charge on any atom is -0.310 e. The van der Waals surface area contributed by atoms with E-state index in [4.69, 9.17) is 0 Å². The van der Waals surface area contributed by atoms with E-state index in [0.29, 0.717) is 6.04 Å². The molecule has 1 heterocycles. The van der Waals surface area contributed by atoms with Crippen LogP contribution in [0.5, 0.6) is 0 Å². The lowest BCUT2D eigenvalue weighted by molar-refractivity contribution is -0.121. The number of benzene rings is 1. The Morgan fingerprint density at radius 1 is 1.25 bits per heavy atom. The van der Waals surface area contributed by atoms with Crippen molar-refractivity contribution in [1.29, 1.82) is 0 Å². The lowest BCUT2D eigenvalue weighted by atomic mass is 10.0. The molecule has 1 amide bonds. The summed E-state index contributed by atoms with van der Waals surface area (Å²) < 4.78 is 1.02. The molecule has 1 aliphatic carbocycles. The van der Waals surface area contributed by atoms with Crippen molar-refractivity contribution in [2.45, 2.75) is 51.6 Å². The van der Waals surface area contributed by atoms with Gasteiger partial charge in [-0.05, 0) is 72.7 Å². The largest absolute Gasteiger partial charge is 0.310 e. The van der Waals surface area contributed by atoms with Crippen molar-refractivity contribution in [2.24, 2.45) is 0 Å². The van der Waals surface area contributed by atoms with Crippen LogP contribution < -0.4 is 10.2 Å². The fraction of sp³-hybridized carbons (Fsp3) is 0.562. The smallest absolute Gasteiger partial charge is 0.244 e. The van der Waals surface area contributed by atoms with Gasteiger partial charge in [0.25, 0.3) is 0 Å². The Hall–Kier alpha value is -0.870. The molecule has 1 saturated heterocycles. The summed E-state index contributed by atoms with van der Waals surface area (Å²) in [6, 6.07) is 4.81. The molecule has 0 radical (unpaired) electrons. The lowest BCUT2D eigenvalue weighted by Gasteiger charge is -2.34. The maximum atomic E-state index is 12.7. The fourth-order valence-electron chi connectivity index (χ4n) is 3.04. The quantitative estimate of drug-likeness (QED) is 0.918. The topological polar surface area (TPSA) is 32.3 Å². The van der Waals surface area contributed by atoms with Crippen LogP contribution in [0.3, 0.4) is 0 Å². The van der Waals surface area contributed by atoms with Crippen LogP contribution in [0.15, 0.2) is 16.6 Å². The molecule has 2 fully saturated rings. The predicted octanol–water partition coefficient (Wildman–Crippen LogP) is 3.31. The molecule has 1 aliphatic heterocycles. The average molecular weight is 337 g/mol. The number of aryl methyl sites for hydroxylation is 2. The minimum atomic E-state index is 0.00357. The SMILES string of the molecule is Cc1cc(C)c(N2CCCC(NC3CC3)C2=O)c(Br)c1. The first-order chi connectivity index (χ1) is 9.56. The van der Waals surface area contributed by atoms with Crippen LogP contribution in [0.25, 0.3) is 0 Å². The molecule has 1 N–H and O–H groups in total. The van der Waals surface area contributed by atoms with Crippen molar-refractivity contribution in [3.63, 3.8) is 0 Å². The first-order valence-corrected chi connectivity index (χ1v) is 8.20. The molecule has 20 heavy (non-hydrogen) atoms. The summed E-state index contributed by atoms with van der Waals surface area (Å²) >= 11 is 3.63. The van der Waals surface area contributed by atoms with Crippen molar-refractivity contribution in [1.82, 2.24) is 5.32 Å². The molecule has 1 aromatic carbocycles. The highest BCUT2D eigenvalue weighted by molar-refractivity contribution is 9.10. The normalized spacial score (nSPS) is 23.2. The Labute approximate surface area is 128 Å². The number of hydrogen-bond acceptors (Lipinski definition) is 2. The van der Waals surface area contributed by atoms with Crippen LogP contribution in [-0.2, 0) is 4.79 Å². The maximum absolute atomic E-state index is 12.7. The van der Waals surface area contributed by atoms with E-state index in [-0.39, 0.29) is 11.9 Å².